The Morgan fingerprint density at radius 3 is 3.11 bits per heavy atom. The summed E-state index contributed by atoms with van der Waals surface area (Å²) in [5.41, 5.74) is 7.38. The summed E-state index contributed by atoms with van der Waals surface area (Å²) in [5, 5.41) is 2.98. The number of nitrogens with two attached hydrogens (primary N) is 1. The van der Waals surface area contributed by atoms with Crippen molar-refractivity contribution >= 4 is 17.7 Å². The van der Waals surface area contributed by atoms with Gasteiger partial charge in [-0.25, -0.2) is 4.79 Å². The van der Waals surface area contributed by atoms with E-state index < -0.39 is 0 Å². The maximum Gasteiger partial charge on any atom is 0.337 e. The standard InChI is InChI=1S/C13H15N3O3/c1-18-12(17)9-3-2-4-10(7-9)15-13-16-11(5-6-14)8-19-13/h2-4,7-8H,5-6,14H2,1H3,(H,15,16). The van der Waals surface area contributed by atoms with Gasteiger partial charge in [0.15, 0.2) is 0 Å². The van der Waals surface area contributed by atoms with Crippen molar-refractivity contribution in [3.8, 4) is 0 Å². The molecular formula is C13H15N3O3. The Morgan fingerprint density at radius 1 is 1.53 bits per heavy atom. The second-order valence-corrected chi connectivity index (χ2v) is 3.88. The molecule has 3 N–H and O–H groups in total. The summed E-state index contributed by atoms with van der Waals surface area (Å²) in [4.78, 5) is 15.6. The Morgan fingerprint density at radius 2 is 2.37 bits per heavy atom. The van der Waals surface area contributed by atoms with E-state index in [0.717, 1.165) is 5.69 Å². The molecule has 2 rings (SSSR count). The molecular weight excluding hydrogens is 246 g/mol. The summed E-state index contributed by atoms with van der Waals surface area (Å²) in [6, 6.07) is 7.26. The number of methoxy groups -OCH3 is 1. The normalized spacial score (nSPS) is 10.2. The van der Waals surface area contributed by atoms with Gasteiger partial charge in [-0.05, 0) is 24.7 Å². The van der Waals surface area contributed by atoms with Crippen LogP contribution in [0.25, 0.3) is 0 Å². The Kier molecular flexibility index (Phi) is 4.15. The largest absolute Gasteiger partial charge is 0.465 e. The van der Waals surface area contributed by atoms with Crippen molar-refractivity contribution < 1.29 is 13.9 Å². The molecule has 19 heavy (non-hydrogen) atoms. The first kappa shape index (κ1) is 13.1. The quantitative estimate of drug-likeness (QED) is 0.796. The molecule has 0 aliphatic rings. The van der Waals surface area contributed by atoms with Crippen molar-refractivity contribution in [1.29, 1.82) is 0 Å². The topological polar surface area (TPSA) is 90.4 Å². The molecule has 0 fully saturated rings. The molecule has 0 radical (unpaired) electrons. The van der Waals surface area contributed by atoms with Gasteiger partial charge < -0.3 is 20.2 Å². The van der Waals surface area contributed by atoms with Crippen LogP contribution in [0.2, 0.25) is 0 Å². The number of hydrogen-bond acceptors (Lipinski definition) is 6. The van der Waals surface area contributed by atoms with Gasteiger partial charge in [-0.3, -0.25) is 0 Å². The number of oxazole rings is 1. The van der Waals surface area contributed by atoms with Gasteiger partial charge in [0, 0.05) is 12.1 Å². The lowest BCUT2D eigenvalue weighted by molar-refractivity contribution is 0.0601. The van der Waals surface area contributed by atoms with Crippen LogP contribution in [0.15, 0.2) is 34.9 Å². The molecule has 0 aliphatic carbocycles. The van der Waals surface area contributed by atoms with Crippen LogP contribution >= 0.6 is 0 Å². The van der Waals surface area contributed by atoms with Crippen molar-refractivity contribution in [3.63, 3.8) is 0 Å². The molecule has 0 saturated carbocycles. The number of nitrogens with one attached hydrogen (secondary N) is 1. The summed E-state index contributed by atoms with van der Waals surface area (Å²) in [5.74, 6) is -0.389. The third-order valence-electron chi connectivity index (χ3n) is 2.49. The van der Waals surface area contributed by atoms with E-state index in [0.29, 0.717) is 30.2 Å². The summed E-state index contributed by atoms with van der Waals surface area (Å²) >= 11 is 0. The molecule has 2 aromatic rings. The van der Waals surface area contributed by atoms with Crippen LogP contribution in [0.4, 0.5) is 11.7 Å². The summed E-state index contributed by atoms with van der Waals surface area (Å²) in [6.45, 7) is 0.518. The highest BCUT2D eigenvalue weighted by atomic mass is 16.5. The zero-order valence-corrected chi connectivity index (χ0v) is 10.6. The molecule has 1 aromatic carbocycles. The fraction of sp³-hybridized carbons (Fsp3) is 0.231. The minimum atomic E-state index is -0.389. The molecule has 6 nitrogen and oxygen atoms in total. The van der Waals surface area contributed by atoms with Crippen molar-refractivity contribution in [1.82, 2.24) is 4.98 Å². The van der Waals surface area contributed by atoms with Crippen LogP contribution in [0, 0.1) is 0 Å². The molecule has 0 amide bonds. The Bertz CT molecular complexity index is 566. The van der Waals surface area contributed by atoms with Gasteiger partial charge in [0.05, 0.1) is 18.4 Å². The van der Waals surface area contributed by atoms with Crippen molar-refractivity contribution in [3.05, 3.63) is 41.8 Å². The zero-order chi connectivity index (χ0) is 13.7. The summed E-state index contributed by atoms with van der Waals surface area (Å²) in [6.07, 6.45) is 2.22. The first-order valence-electron chi connectivity index (χ1n) is 5.83. The van der Waals surface area contributed by atoms with Crippen LogP contribution in [0.1, 0.15) is 16.1 Å². The SMILES string of the molecule is COC(=O)c1cccc(Nc2nc(CCN)co2)c1. The molecule has 100 valence electrons. The number of carbonyl (C=O) groups excluding carboxylic acids is 1. The number of rotatable bonds is 5. The van der Waals surface area contributed by atoms with Crippen LogP contribution in [0.5, 0.6) is 0 Å². The highest BCUT2D eigenvalue weighted by Crippen LogP contribution is 2.17. The number of hydrogen-bond donors (Lipinski definition) is 2. The third-order valence-corrected chi connectivity index (χ3v) is 2.49. The first-order valence-corrected chi connectivity index (χ1v) is 5.83. The van der Waals surface area contributed by atoms with Crippen LogP contribution in [-0.4, -0.2) is 24.6 Å². The predicted molar refractivity (Wildman–Crippen MR) is 70.3 cm³/mol. The zero-order valence-electron chi connectivity index (χ0n) is 10.6. The van der Waals surface area contributed by atoms with E-state index >= 15 is 0 Å². The molecule has 0 unspecified atom stereocenters. The van der Waals surface area contributed by atoms with Crippen LogP contribution in [-0.2, 0) is 11.2 Å². The number of anilines is 2. The number of ether oxygens (including phenoxy) is 1. The van der Waals surface area contributed by atoms with Crippen LogP contribution < -0.4 is 11.1 Å². The van der Waals surface area contributed by atoms with Crippen LogP contribution in [0.3, 0.4) is 0 Å². The summed E-state index contributed by atoms with van der Waals surface area (Å²) < 4.78 is 9.91. The monoisotopic (exact) mass is 261 g/mol. The van der Waals surface area contributed by atoms with Crippen molar-refractivity contribution in [2.45, 2.75) is 6.42 Å². The Balaban J connectivity index is 2.11. The third kappa shape index (κ3) is 3.32. The maximum atomic E-state index is 11.4. The van der Waals surface area contributed by atoms with Crippen molar-refractivity contribution in [2.24, 2.45) is 5.73 Å². The van der Waals surface area contributed by atoms with E-state index in [1.54, 1.807) is 30.5 Å². The van der Waals surface area contributed by atoms with E-state index in [4.69, 9.17) is 10.2 Å². The fourth-order valence-electron chi connectivity index (χ4n) is 1.59. The number of carbonyl (C=O) groups is 1. The number of nitrogens with zero attached hydrogens (tertiary/aromatic N) is 1. The van der Waals surface area contributed by atoms with Gasteiger partial charge in [-0.2, -0.15) is 4.98 Å². The summed E-state index contributed by atoms with van der Waals surface area (Å²) in [7, 11) is 1.34. The number of benzene rings is 1. The lowest BCUT2D eigenvalue weighted by Gasteiger charge is -2.03. The lowest BCUT2D eigenvalue weighted by atomic mass is 10.2. The molecule has 0 saturated heterocycles. The molecule has 0 aliphatic heterocycles. The number of aromatic nitrogens is 1. The lowest BCUT2D eigenvalue weighted by Crippen LogP contribution is -2.03. The maximum absolute atomic E-state index is 11.4. The van der Waals surface area contributed by atoms with Gasteiger partial charge in [-0.15, -0.1) is 0 Å². The smallest absolute Gasteiger partial charge is 0.337 e. The average Bonchev–Trinajstić information content (AvgIpc) is 2.86. The predicted octanol–water partition coefficient (Wildman–Crippen LogP) is 1.71. The molecule has 0 spiro atoms. The highest BCUT2D eigenvalue weighted by Gasteiger charge is 2.07. The molecule has 1 heterocycles. The van der Waals surface area contributed by atoms with Gasteiger partial charge in [0.2, 0.25) is 0 Å². The number of esters is 1. The van der Waals surface area contributed by atoms with E-state index in [-0.39, 0.29) is 5.97 Å². The minimum Gasteiger partial charge on any atom is -0.465 e. The second kappa shape index (κ2) is 6.01. The Hall–Kier alpha value is -2.34. The van der Waals surface area contributed by atoms with Gasteiger partial charge in [-0.1, -0.05) is 6.07 Å². The highest BCUT2D eigenvalue weighted by molar-refractivity contribution is 5.90. The fourth-order valence-corrected chi connectivity index (χ4v) is 1.59. The molecule has 6 heteroatoms. The average molecular weight is 261 g/mol. The van der Waals surface area contributed by atoms with Crippen molar-refractivity contribution in [2.75, 3.05) is 19.0 Å². The Labute approximate surface area is 110 Å². The van der Waals surface area contributed by atoms with E-state index in [1.807, 2.05) is 0 Å². The first-order chi connectivity index (χ1) is 9.22. The van der Waals surface area contributed by atoms with E-state index in [9.17, 15) is 4.79 Å². The van der Waals surface area contributed by atoms with Gasteiger partial charge in [0.1, 0.15) is 6.26 Å². The van der Waals surface area contributed by atoms with E-state index in [1.165, 1.54) is 7.11 Å². The molecule has 1 aromatic heterocycles. The van der Waals surface area contributed by atoms with Gasteiger partial charge in [0.25, 0.3) is 6.01 Å². The minimum absolute atomic E-state index is 0.366. The second-order valence-electron chi connectivity index (χ2n) is 3.88. The van der Waals surface area contributed by atoms with E-state index in [2.05, 4.69) is 15.0 Å². The molecule has 0 bridgehead atoms. The van der Waals surface area contributed by atoms with Gasteiger partial charge >= 0.3 is 5.97 Å². The molecule has 0 atom stereocenters.